The zero-order valence-corrected chi connectivity index (χ0v) is 14.0. The Morgan fingerprint density at radius 1 is 0.583 bits per heavy atom. The number of anilines is 1. The highest BCUT2D eigenvalue weighted by Gasteiger charge is 2.14. The summed E-state index contributed by atoms with van der Waals surface area (Å²) in [4.78, 5) is 2.48. The third-order valence-electron chi connectivity index (χ3n) is 4.08. The number of para-hydroxylation sites is 1. The number of benzene rings is 3. The summed E-state index contributed by atoms with van der Waals surface area (Å²) in [5, 5.41) is 0. The standard InChI is InChI=1S/C22H17NS/c23-20-14-8-7-13-18(20)21-15-19(16-9-3-1-4-10-16)22(24-21)17-11-5-2-6-12-17/h1-15H,23H2. The summed E-state index contributed by atoms with van der Waals surface area (Å²) in [6, 6.07) is 31.4. The summed E-state index contributed by atoms with van der Waals surface area (Å²) in [5.74, 6) is 0. The molecule has 24 heavy (non-hydrogen) atoms. The molecular weight excluding hydrogens is 310 g/mol. The van der Waals surface area contributed by atoms with Crippen molar-refractivity contribution in [3.8, 4) is 32.0 Å². The van der Waals surface area contributed by atoms with Gasteiger partial charge in [0, 0.05) is 26.6 Å². The van der Waals surface area contributed by atoms with Gasteiger partial charge in [-0.1, -0.05) is 78.9 Å². The highest BCUT2D eigenvalue weighted by molar-refractivity contribution is 7.19. The average molecular weight is 327 g/mol. The molecule has 0 amide bonds. The van der Waals surface area contributed by atoms with Crippen LogP contribution in [-0.4, -0.2) is 0 Å². The largest absolute Gasteiger partial charge is 0.398 e. The van der Waals surface area contributed by atoms with E-state index in [9.17, 15) is 0 Å². The van der Waals surface area contributed by atoms with E-state index in [1.807, 2.05) is 24.3 Å². The van der Waals surface area contributed by atoms with Gasteiger partial charge in [0.15, 0.2) is 0 Å². The van der Waals surface area contributed by atoms with Gasteiger partial charge >= 0.3 is 0 Å². The maximum Gasteiger partial charge on any atom is 0.0427 e. The zero-order valence-electron chi connectivity index (χ0n) is 13.1. The van der Waals surface area contributed by atoms with Crippen LogP contribution in [-0.2, 0) is 0 Å². The lowest BCUT2D eigenvalue weighted by molar-refractivity contribution is 1.64. The van der Waals surface area contributed by atoms with Crippen molar-refractivity contribution in [3.63, 3.8) is 0 Å². The van der Waals surface area contributed by atoms with Crippen molar-refractivity contribution < 1.29 is 0 Å². The first kappa shape index (κ1) is 14.7. The maximum atomic E-state index is 6.20. The number of thiophene rings is 1. The molecular formula is C22H17NS. The number of hydrogen-bond acceptors (Lipinski definition) is 2. The van der Waals surface area contributed by atoms with Crippen molar-refractivity contribution in [1.82, 2.24) is 0 Å². The third kappa shape index (κ3) is 2.72. The molecule has 0 aliphatic heterocycles. The molecule has 0 saturated carbocycles. The van der Waals surface area contributed by atoms with Crippen molar-refractivity contribution in [3.05, 3.63) is 91.0 Å². The summed E-state index contributed by atoms with van der Waals surface area (Å²) < 4.78 is 0. The first-order valence-corrected chi connectivity index (χ1v) is 8.74. The fourth-order valence-corrected chi connectivity index (χ4v) is 4.11. The number of hydrogen-bond donors (Lipinski definition) is 1. The Bertz CT molecular complexity index is 899. The Kier molecular flexibility index (Phi) is 3.89. The predicted molar refractivity (Wildman–Crippen MR) is 105 cm³/mol. The molecule has 0 saturated heterocycles. The third-order valence-corrected chi connectivity index (χ3v) is 5.30. The van der Waals surface area contributed by atoms with Crippen LogP contribution in [0.5, 0.6) is 0 Å². The molecule has 3 aromatic carbocycles. The highest BCUT2D eigenvalue weighted by Crippen LogP contribution is 2.44. The van der Waals surface area contributed by atoms with Crippen LogP contribution in [0.3, 0.4) is 0 Å². The molecule has 0 fully saturated rings. The van der Waals surface area contributed by atoms with E-state index in [0.29, 0.717) is 0 Å². The number of rotatable bonds is 3. The molecule has 0 aliphatic carbocycles. The van der Waals surface area contributed by atoms with Gasteiger partial charge in [-0.25, -0.2) is 0 Å². The molecule has 4 aromatic rings. The minimum atomic E-state index is 0.818. The SMILES string of the molecule is Nc1ccccc1-c1cc(-c2ccccc2)c(-c2ccccc2)s1. The second-order valence-corrected chi connectivity index (χ2v) is 6.72. The van der Waals surface area contributed by atoms with Crippen LogP contribution in [0.15, 0.2) is 91.0 Å². The van der Waals surface area contributed by atoms with Gasteiger partial charge in [0.2, 0.25) is 0 Å². The fraction of sp³-hybridized carbons (Fsp3) is 0. The lowest BCUT2D eigenvalue weighted by Gasteiger charge is -2.03. The topological polar surface area (TPSA) is 26.0 Å². The predicted octanol–water partition coefficient (Wildman–Crippen LogP) is 6.33. The maximum absolute atomic E-state index is 6.20. The van der Waals surface area contributed by atoms with Gasteiger partial charge in [-0.05, 0) is 23.3 Å². The van der Waals surface area contributed by atoms with Gasteiger partial charge in [-0.2, -0.15) is 0 Å². The van der Waals surface area contributed by atoms with Crippen LogP contribution in [0, 0.1) is 0 Å². The van der Waals surface area contributed by atoms with Crippen LogP contribution in [0.4, 0.5) is 5.69 Å². The van der Waals surface area contributed by atoms with Gasteiger partial charge < -0.3 is 5.73 Å². The van der Waals surface area contributed by atoms with E-state index in [1.165, 1.54) is 26.4 Å². The lowest BCUT2D eigenvalue weighted by atomic mass is 10.0. The number of nitrogen functional groups attached to an aromatic ring is 1. The zero-order chi connectivity index (χ0) is 16.4. The van der Waals surface area contributed by atoms with Crippen molar-refractivity contribution in [2.75, 3.05) is 5.73 Å². The molecule has 0 atom stereocenters. The van der Waals surface area contributed by atoms with E-state index in [4.69, 9.17) is 5.73 Å². The van der Waals surface area contributed by atoms with Crippen LogP contribution in [0.25, 0.3) is 32.0 Å². The normalized spacial score (nSPS) is 10.7. The monoisotopic (exact) mass is 327 g/mol. The van der Waals surface area contributed by atoms with Crippen LogP contribution in [0.1, 0.15) is 0 Å². The number of nitrogens with two attached hydrogens (primary N) is 1. The van der Waals surface area contributed by atoms with Crippen molar-refractivity contribution in [1.29, 1.82) is 0 Å². The molecule has 1 heterocycles. The Labute approximate surface area is 146 Å². The Morgan fingerprint density at radius 2 is 1.17 bits per heavy atom. The molecule has 0 unspecified atom stereocenters. The van der Waals surface area contributed by atoms with Gasteiger partial charge in [0.25, 0.3) is 0 Å². The molecule has 0 aliphatic rings. The molecule has 2 N–H and O–H groups in total. The van der Waals surface area contributed by atoms with E-state index in [1.54, 1.807) is 11.3 Å². The summed E-state index contributed by atoms with van der Waals surface area (Å²) >= 11 is 1.79. The molecule has 1 nitrogen and oxygen atoms in total. The highest BCUT2D eigenvalue weighted by atomic mass is 32.1. The Balaban J connectivity index is 1.94. The second-order valence-electron chi connectivity index (χ2n) is 5.67. The average Bonchev–Trinajstić information content (AvgIpc) is 3.09. The van der Waals surface area contributed by atoms with Crippen molar-refractivity contribution >= 4 is 17.0 Å². The van der Waals surface area contributed by atoms with Crippen LogP contribution < -0.4 is 5.73 Å². The van der Waals surface area contributed by atoms with Gasteiger partial charge in [0.1, 0.15) is 0 Å². The Hall–Kier alpha value is -2.84. The first-order valence-electron chi connectivity index (χ1n) is 7.92. The van der Waals surface area contributed by atoms with E-state index in [2.05, 4.69) is 66.7 Å². The summed E-state index contributed by atoms with van der Waals surface area (Å²) in [6.07, 6.45) is 0. The summed E-state index contributed by atoms with van der Waals surface area (Å²) in [7, 11) is 0. The molecule has 0 bridgehead atoms. The van der Waals surface area contributed by atoms with E-state index < -0.39 is 0 Å². The Morgan fingerprint density at radius 3 is 1.83 bits per heavy atom. The second kappa shape index (κ2) is 6.34. The van der Waals surface area contributed by atoms with E-state index in [-0.39, 0.29) is 0 Å². The quantitative estimate of drug-likeness (QED) is 0.437. The molecule has 2 heteroatoms. The molecule has 116 valence electrons. The van der Waals surface area contributed by atoms with E-state index >= 15 is 0 Å². The van der Waals surface area contributed by atoms with Crippen LogP contribution in [0.2, 0.25) is 0 Å². The minimum Gasteiger partial charge on any atom is -0.398 e. The lowest BCUT2D eigenvalue weighted by Crippen LogP contribution is -1.86. The van der Waals surface area contributed by atoms with Crippen molar-refractivity contribution in [2.45, 2.75) is 0 Å². The first-order chi connectivity index (χ1) is 11.8. The summed E-state index contributed by atoms with van der Waals surface area (Å²) in [6.45, 7) is 0. The smallest absolute Gasteiger partial charge is 0.0427 e. The minimum absolute atomic E-state index is 0.818. The van der Waals surface area contributed by atoms with Crippen molar-refractivity contribution in [2.24, 2.45) is 0 Å². The molecule has 4 rings (SSSR count). The molecule has 0 spiro atoms. The van der Waals surface area contributed by atoms with Crippen LogP contribution >= 0.6 is 11.3 Å². The van der Waals surface area contributed by atoms with Gasteiger partial charge in [-0.15, -0.1) is 11.3 Å². The fourth-order valence-electron chi connectivity index (χ4n) is 2.88. The summed E-state index contributed by atoms with van der Waals surface area (Å²) in [5.41, 5.74) is 11.8. The molecule has 0 radical (unpaired) electrons. The molecule has 1 aromatic heterocycles. The van der Waals surface area contributed by atoms with Gasteiger partial charge in [-0.3, -0.25) is 0 Å². The van der Waals surface area contributed by atoms with Gasteiger partial charge in [0.05, 0.1) is 0 Å². The van der Waals surface area contributed by atoms with E-state index in [0.717, 1.165) is 11.3 Å².